The zero-order valence-electron chi connectivity index (χ0n) is 11.1. The maximum atomic E-state index is 11.4. The highest BCUT2D eigenvalue weighted by Crippen LogP contribution is 2.27. The molecular formula is C14H21ClN2O2. The summed E-state index contributed by atoms with van der Waals surface area (Å²) >= 11 is 0. The van der Waals surface area contributed by atoms with E-state index in [1.165, 1.54) is 6.42 Å². The second-order valence-corrected chi connectivity index (χ2v) is 4.59. The van der Waals surface area contributed by atoms with Crippen LogP contribution in [0.15, 0.2) is 24.3 Å². The monoisotopic (exact) mass is 284 g/mol. The molecule has 1 aliphatic carbocycles. The van der Waals surface area contributed by atoms with Crippen LogP contribution in [0.2, 0.25) is 0 Å². The Labute approximate surface area is 120 Å². The molecule has 1 aromatic carbocycles. The van der Waals surface area contributed by atoms with Gasteiger partial charge in [-0.2, -0.15) is 0 Å². The normalized spacial score (nSPS) is 14.2. The molecule has 0 saturated heterocycles. The van der Waals surface area contributed by atoms with E-state index in [4.69, 9.17) is 4.74 Å². The molecule has 0 aliphatic heterocycles. The SMILES string of the molecule is CNCC(=O)NCc1ccccc1OC1CCC1.Cl. The van der Waals surface area contributed by atoms with Crippen molar-refractivity contribution >= 4 is 18.3 Å². The number of carbonyl (C=O) groups excluding carboxylic acids is 1. The van der Waals surface area contributed by atoms with E-state index < -0.39 is 0 Å². The smallest absolute Gasteiger partial charge is 0.234 e. The second kappa shape index (κ2) is 8.02. The Morgan fingerprint density at radius 2 is 2.11 bits per heavy atom. The number of ether oxygens (including phenoxy) is 1. The highest BCUT2D eigenvalue weighted by Gasteiger charge is 2.20. The molecule has 5 heteroatoms. The van der Waals surface area contributed by atoms with Crippen molar-refractivity contribution in [1.82, 2.24) is 10.6 Å². The molecule has 2 N–H and O–H groups in total. The lowest BCUT2D eigenvalue weighted by atomic mass is 9.96. The molecule has 2 rings (SSSR count). The number of hydrogen-bond donors (Lipinski definition) is 2. The fourth-order valence-electron chi connectivity index (χ4n) is 1.85. The van der Waals surface area contributed by atoms with Crippen molar-refractivity contribution in [3.8, 4) is 5.75 Å². The average Bonchev–Trinajstić information content (AvgIpc) is 2.33. The van der Waals surface area contributed by atoms with Gasteiger partial charge >= 0.3 is 0 Å². The van der Waals surface area contributed by atoms with E-state index >= 15 is 0 Å². The van der Waals surface area contributed by atoms with Gasteiger partial charge in [-0.25, -0.2) is 0 Å². The quantitative estimate of drug-likeness (QED) is 0.839. The van der Waals surface area contributed by atoms with E-state index in [0.29, 0.717) is 19.2 Å². The topological polar surface area (TPSA) is 50.4 Å². The van der Waals surface area contributed by atoms with Crippen molar-refractivity contribution in [2.24, 2.45) is 0 Å². The Morgan fingerprint density at radius 1 is 1.37 bits per heavy atom. The van der Waals surface area contributed by atoms with Crippen LogP contribution in [0.1, 0.15) is 24.8 Å². The first kappa shape index (κ1) is 15.8. The predicted molar refractivity (Wildman–Crippen MR) is 77.7 cm³/mol. The third-order valence-electron chi connectivity index (χ3n) is 3.13. The lowest BCUT2D eigenvalue weighted by Gasteiger charge is -2.27. The van der Waals surface area contributed by atoms with Crippen LogP contribution in [-0.2, 0) is 11.3 Å². The predicted octanol–water partition coefficient (Wildman–Crippen LogP) is 1.88. The summed E-state index contributed by atoms with van der Waals surface area (Å²) in [4.78, 5) is 11.4. The fraction of sp³-hybridized carbons (Fsp3) is 0.500. The summed E-state index contributed by atoms with van der Waals surface area (Å²) in [5, 5.41) is 5.69. The number of likely N-dealkylation sites (N-methyl/N-ethyl adjacent to an activating group) is 1. The van der Waals surface area contributed by atoms with Crippen LogP contribution in [0, 0.1) is 0 Å². The first-order valence-corrected chi connectivity index (χ1v) is 6.45. The van der Waals surface area contributed by atoms with Gasteiger partial charge in [0, 0.05) is 12.1 Å². The Bertz CT molecular complexity index is 408. The van der Waals surface area contributed by atoms with Gasteiger partial charge in [0.15, 0.2) is 0 Å². The number of nitrogens with one attached hydrogen (secondary N) is 2. The third-order valence-corrected chi connectivity index (χ3v) is 3.13. The molecule has 1 amide bonds. The van der Waals surface area contributed by atoms with Crippen molar-refractivity contribution < 1.29 is 9.53 Å². The van der Waals surface area contributed by atoms with E-state index in [9.17, 15) is 4.79 Å². The summed E-state index contributed by atoms with van der Waals surface area (Å²) in [5.74, 6) is 0.892. The standard InChI is InChI=1S/C14H20N2O2.ClH/c1-15-10-14(17)16-9-11-5-2-3-8-13(11)18-12-6-4-7-12;/h2-3,5,8,12,15H,4,6-7,9-10H2,1H3,(H,16,17);1H. The Balaban J connectivity index is 0.00000180. The van der Waals surface area contributed by atoms with Gasteiger partial charge in [-0.3, -0.25) is 4.79 Å². The minimum absolute atomic E-state index is 0. The average molecular weight is 285 g/mol. The molecule has 0 radical (unpaired) electrons. The van der Waals surface area contributed by atoms with Gasteiger partial charge in [0.25, 0.3) is 0 Å². The van der Waals surface area contributed by atoms with E-state index in [1.54, 1.807) is 7.05 Å². The van der Waals surface area contributed by atoms with E-state index in [2.05, 4.69) is 10.6 Å². The molecule has 0 unspecified atom stereocenters. The van der Waals surface area contributed by atoms with E-state index in [1.807, 2.05) is 24.3 Å². The first-order valence-electron chi connectivity index (χ1n) is 6.45. The van der Waals surface area contributed by atoms with Gasteiger partial charge in [0.2, 0.25) is 5.91 Å². The maximum absolute atomic E-state index is 11.4. The molecule has 0 atom stereocenters. The Kier molecular flexibility index (Phi) is 6.67. The third kappa shape index (κ3) is 4.73. The number of benzene rings is 1. The summed E-state index contributed by atoms with van der Waals surface area (Å²) in [6.07, 6.45) is 3.89. The van der Waals surface area contributed by atoms with Crippen LogP contribution in [0.3, 0.4) is 0 Å². The molecule has 0 bridgehead atoms. The number of rotatable bonds is 6. The van der Waals surface area contributed by atoms with Crippen LogP contribution in [0.5, 0.6) is 5.75 Å². The van der Waals surface area contributed by atoms with Crippen molar-refractivity contribution in [1.29, 1.82) is 0 Å². The molecule has 0 heterocycles. The van der Waals surface area contributed by atoms with Crippen LogP contribution in [-0.4, -0.2) is 25.6 Å². The molecule has 1 aromatic rings. The highest BCUT2D eigenvalue weighted by atomic mass is 35.5. The largest absolute Gasteiger partial charge is 0.490 e. The molecule has 19 heavy (non-hydrogen) atoms. The molecule has 0 spiro atoms. The number of halogens is 1. The lowest BCUT2D eigenvalue weighted by Crippen LogP contribution is -2.32. The number of para-hydroxylation sites is 1. The minimum Gasteiger partial charge on any atom is -0.490 e. The highest BCUT2D eigenvalue weighted by molar-refractivity contribution is 5.85. The first-order chi connectivity index (χ1) is 8.79. The van der Waals surface area contributed by atoms with Gasteiger partial charge in [0.05, 0.1) is 12.6 Å². The van der Waals surface area contributed by atoms with Crippen LogP contribution >= 0.6 is 12.4 Å². The van der Waals surface area contributed by atoms with Crippen LogP contribution in [0.25, 0.3) is 0 Å². The summed E-state index contributed by atoms with van der Waals surface area (Å²) < 4.78 is 5.91. The van der Waals surface area contributed by atoms with Crippen LogP contribution < -0.4 is 15.4 Å². The van der Waals surface area contributed by atoms with Gasteiger partial charge in [0.1, 0.15) is 5.75 Å². The summed E-state index contributed by atoms with van der Waals surface area (Å²) in [6.45, 7) is 0.856. The zero-order chi connectivity index (χ0) is 12.8. The summed E-state index contributed by atoms with van der Waals surface area (Å²) in [5.41, 5.74) is 1.04. The molecule has 0 aromatic heterocycles. The Morgan fingerprint density at radius 3 is 2.74 bits per heavy atom. The molecule has 1 saturated carbocycles. The van der Waals surface area contributed by atoms with Gasteiger partial charge in [-0.1, -0.05) is 18.2 Å². The van der Waals surface area contributed by atoms with Crippen molar-refractivity contribution in [3.05, 3.63) is 29.8 Å². The molecule has 4 nitrogen and oxygen atoms in total. The summed E-state index contributed by atoms with van der Waals surface area (Å²) in [6, 6.07) is 7.89. The van der Waals surface area contributed by atoms with Gasteiger partial charge in [-0.05, 0) is 32.4 Å². The van der Waals surface area contributed by atoms with E-state index in [-0.39, 0.29) is 18.3 Å². The number of hydrogen-bond acceptors (Lipinski definition) is 3. The number of amides is 1. The van der Waals surface area contributed by atoms with Crippen molar-refractivity contribution in [3.63, 3.8) is 0 Å². The molecule has 1 aliphatic rings. The van der Waals surface area contributed by atoms with E-state index in [0.717, 1.165) is 24.2 Å². The van der Waals surface area contributed by atoms with Crippen molar-refractivity contribution in [2.45, 2.75) is 31.9 Å². The minimum atomic E-state index is -0.00375. The molecular weight excluding hydrogens is 264 g/mol. The maximum Gasteiger partial charge on any atom is 0.234 e. The van der Waals surface area contributed by atoms with Gasteiger partial charge < -0.3 is 15.4 Å². The zero-order valence-corrected chi connectivity index (χ0v) is 12.0. The molecule has 1 fully saturated rings. The second-order valence-electron chi connectivity index (χ2n) is 4.59. The molecule has 106 valence electrons. The fourth-order valence-corrected chi connectivity index (χ4v) is 1.85. The Hall–Kier alpha value is -1.26. The van der Waals surface area contributed by atoms with Gasteiger partial charge in [-0.15, -0.1) is 12.4 Å². The number of carbonyl (C=O) groups is 1. The lowest BCUT2D eigenvalue weighted by molar-refractivity contribution is -0.120. The van der Waals surface area contributed by atoms with Crippen LogP contribution in [0.4, 0.5) is 0 Å². The summed E-state index contributed by atoms with van der Waals surface area (Å²) in [7, 11) is 1.76. The van der Waals surface area contributed by atoms with Crippen molar-refractivity contribution in [2.75, 3.05) is 13.6 Å².